The van der Waals surface area contributed by atoms with E-state index in [1.54, 1.807) is 0 Å². The quantitative estimate of drug-likeness (QED) is 0.167. The Labute approximate surface area is 312 Å². The van der Waals surface area contributed by atoms with Gasteiger partial charge in [-0.3, -0.25) is 13.9 Å². The first-order chi connectivity index (χ1) is 26.7. The third-order valence-corrected chi connectivity index (χ3v) is 13.6. The number of benzene rings is 8. The summed E-state index contributed by atoms with van der Waals surface area (Å²) in [4.78, 5) is 0. The van der Waals surface area contributed by atoms with Gasteiger partial charge in [0.05, 0.1) is 38.8 Å². The standard InChI is InChI=1S/C48H32N3O2P/c52-54(37-16-5-2-6-17-37)50(36-14-3-1-4-15-36)45-32-34(28-31-43(45)51(54)44-23-13-25-47-48(44)40-20-9-12-24-46(40)53-47)33-26-29-35(30-27-33)49-41-21-10-7-18-38(41)39-19-8-11-22-42(39)49/h1-32H. The van der Waals surface area contributed by atoms with Crippen LogP contribution in [0.4, 0.5) is 22.7 Å². The highest BCUT2D eigenvalue weighted by molar-refractivity contribution is 7.76. The largest absolute Gasteiger partial charge is 0.456 e. The monoisotopic (exact) mass is 713 g/mol. The van der Waals surface area contributed by atoms with Crippen LogP contribution >= 0.6 is 7.44 Å². The van der Waals surface area contributed by atoms with E-state index in [0.29, 0.717) is 0 Å². The van der Waals surface area contributed by atoms with Gasteiger partial charge in [-0.1, -0.05) is 115 Å². The third kappa shape index (κ3) is 4.43. The summed E-state index contributed by atoms with van der Waals surface area (Å²) < 4.78 is 29.3. The van der Waals surface area contributed by atoms with Gasteiger partial charge in [0.25, 0.3) is 0 Å². The van der Waals surface area contributed by atoms with Crippen LogP contribution in [-0.4, -0.2) is 4.57 Å². The number of para-hydroxylation sites is 4. The van der Waals surface area contributed by atoms with Gasteiger partial charge in [-0.05, 0) is 90.0 Å². The minimum absolute atomic E-state index is 0.743. The van der Waals surface area contributed by atoms with Crippen molar-refractivity contribution in [3.63, 3.8) is 0 Å². The maximum absolute atomic E-state index is 16.5. The SMILES string of the molecule is O=P1(c2ccccc2)N(c2ccccc2)c2cc(-c3ccc(-n4c5ccccc5c5ccccc54)cc3)ccc2N1c1cccc2oc3ccccc3c12. The Morgan fingerprint density at radius 3 is 1.72 bits per heavy atom. The lowest BCUT2D eigenvalue weighted by Gasteiger charge is -2.33. The molecule has 0 fully saturated rings. The van der Waals surface area contributed by atoms with Crippen molar-refractivity contribution in [1.29, 1.82) is 0 Å². The Morgan fingerprint density at radius 1 is 0.407 bits per heavy atom. The maximum Gasteiger partial charge on any atom is 0.301 e. The first-order valence-electron chi connectivity index (χ1n) is 18.1. The second-order valence-electron chi connectivity index (χ2n) is 13.7. The smallest absolute Gasteiger partial charge is 0.301 e. The Balaban J connectivity index is 1.12. The summed E-state index contributed by atoms with van der Waals surface area (Å²) in [6, 6.07) is 66.5. The summed E-state index contributed by atoms with van der Waals surface area (Å²) >= 11 is 0. The molecule has 1 aliphatic heterocycles. The molecule has 6 heteroatoms. The predicted molar refractivity (Wildman–Crippen MR) is 224 cm³/mol. The average Bonchev–Trinajstić information content (AvgIpc) is 3.87. The molecule has 1 aliphatic rings. The van der Waals surface area contributed by atoms with E-state index < -0.39 is 7.44 Å². The molecule has 0 bridgehead atoms. The van der Waals surface area contributed by atoms with Crippen molar-refractivity contribution in [1.82, 2.24) is 4.57 Å². The van der Waals surface area contributed by atoms with Crippen molar-refractivity contribution in [2.24, 2.45) is 0 Å². The van der Waals surface area contributed by atoms with E-state index in [1.807, 2.05) is 91.0 Å². The summed E-state index contributed by atoms with van der Waals surface area (Å²) in [5.74, 6) is 0. The van der Waals surface area contributed by atoms with Crippen molar-refractivity contribution in [3.05, 3.63) is 194 Å². The highest BCUT2D eigenvalue weighted by Gasteiger charge is 2.49. The number of rotatable bonds is 5. The molecule has 0 N–H and O–H groups in total. The van der Waals surface area contributed by atoms with Crippen molar-refractivity contribution in [2.45, 2.75) is 0 Å². The lowest BCUT2D eigenvalue weighted by atomic mass is 10.0. The number of aromatic nitrogens is 1. The van der Waals surface area contributed by atoms with Crippen LogP contribution < -0.4 is 14.6 Å². The zero-order chi connectivity index (χ0) is 35.8. The molecule has 0 spiro atoms. The molecule has 54 heavy (non-hydrogen) atoms. The van der Waals surface area contributed by atoms with Gasteiger partial charge in [0, 0.05) is 27.5 Å². The van der Waals surface area contributed by atoms with Gasteiger partial charge in [0.1, 0.15) is 11.2 Å². The van der Waals surface area contributed by atoms with E-state index in [-0.39, 0.29) is 0 Å². The van der Waals surface area contributed by atoms with Gasteiger partial charge >= 0.3 is 7.44 Å². The molecule has 0 radical (unpaired) electrons. The molecule has 3 heterocycles. The van der Waals surface area contributed by atoms with Crippen LogP contribution in [0, 0.1) is 0 Å². The molecule has 256 valence electrons. The summed E-state index contributed by atoms with van der Waals surface area (Å²) in [6.07, 6.45) is 0. The van der Waals surface area contributed by atoms with Crippen molar-refractivity contribution in [3.8, 4) is 16.8 Å². The zero-order valence-corrected chi connectivity index (χ0v) is 30.0. The Kier molecular flexibility index (Phi) is 6.76. The van der Waals surface area contributed by atoms with Crippen LogP contribution in [0.15, 0.2) is 199 Å². The molecule has 8 aromatic carbocycles. The van der Waals surface area contributed by atoms with E-state index in [9.17, 15) is 0 Å². The summed E-state index contributed by atoms with van der Waals surface area (Å²) in [5.41, 5.74) is 10.6. The van der Waals surface area contributed by atoms with E-state index in [1.165, 1.54) is 21.8 Å². The Morgan fingerprint density at radius 2 is 1.00 bits per heavy atom. The fraction of sp³-hybridized carbons (Fsp3) is 0. The fourth-order valence-corrected chi connectivity index (χ4v) is 11.4. The topological polar surface area (TPSA) is 41.6 Å². The number of fused-ring (bicyclic) bond motifs is 7. The molecule has 0 saturated carbocycles. The van der Waals surface area contributed by atoms with Crippen LogP contribution in [0.25, 0.3) is 60.6 Å². The Bertz CT molecular complexity index is 3040. The second kappa shape index (κ2) is 11.9. The van der Waals surface area contributed by atoms with Crippen LogP contribution in [0.1, 0.15) is 0 Å². The molecule has 0 amide bonds. The molecule has 1 atom stereocenters. The van der Waals surface area contributed by atoms with Gasteiger partial charge < -0.3 is 8.98 Å². The highest BCUT2D eigenvalue weighted by atomic mass is 31.2. The predicted octanol–water partition coefficient (Wildman–Crippen LogP) is 13.2. The molecule has 0 saturated heterocycles. The molecule has 11 rings (SSSR count). The zero-order valence-electron chi connectivity index (χ0n) is 29.1. The van der Waals surface area contributed by atoms with E-state index in [0.717, 1.165) is 66.8 Å². The van der Waals surface area contributed by atoms with Gasteiger partial charge in [-0.15, -0.1) is 0 Å². The van der Waals surface area contributed by atoms with Crippen LogP contribution in [0.5, 0.6) is 0 Å². The lowest BCUT2D eigenvalue weighted by Crippen LogP contribution is -2.26. The van der Waals surface area contributed by atoms with E-state index in [4.69, 9.17) is 4.42 Å². The highest BCUT2D eigenvalue weighted by Crippen LogP contribution is 2.71. The molecule has 0 aliphatic carbocycles. The van der Waals surface area contributed by atoms with Gasteiger partial charge in [-0.2, -0.15) is 0 Å². The summed E-state index contributed by atoms with van der Waals surface area (Å²) in [5, 5.41) is 5.15. The van der Waals surface area contributed by atoms with Gasteiger partial charge in [0.2, 0.25) is 0 Å². The van der Waals surface area contributed by atoms with Gasteiger partial charge in [0.15, 0.2) is 0 Å². The number of anilines is 4. The minimum Gasteiger partial charge on any atom is -0.456 e. The first-order valence-corrected chi connectivity index (χ1v) is 19.7. The number of furan rings is 1. The molecule has 2 aromatic heterocycles. The molecule has 5 nitrogen and oxygen atoms in total. The van der Waals surface area contributed by atoms with Crippen molar-refractivity contribution in [2.75, 3.05) is 9.34 Å². The Hall–Kier alpha value is -6.81. The normalized spacial score (nSPS) is 15.5. The number of hydrogen-bond donors (Lipinski definition) is 0. The van der Waals surface area contributed by atoms with Gasteiger partial charge in [-0.25, -0.2) is 0 Å². The number of hydrogen-bond acceptors (Lipinski definition) is 2. The maximum atomic E-state index is 16.5. The third-order valence-electron chi connectivity index (χ3n) is 10.7. The van der Waals surface area contributed by atoms with Crippen molar-refractivity contribution >= 4 is 79.2 Å². The molecular weight excluding hydrogens is 682 g/mol. The lowest BCUT2D eigenvalue weighted by molar-refractivity contribution is 0.582. The summed E-state index contributed by atoms with van der Waals surface area (Å²) in [7, 11) is -3.60. The van der Waals surface area contributed by atoms with Crippen molar-refractivity contribution < 1.29 is 8.98 Å². The fourth-order valence-electron chi connectivity index (χ4n) is 8.36. The second-order valence-corrected chi connectivity index (χ2v) is 16.1. The number of nitrogens with zero attached hydrogens (tertiary/aromatic N) is 3. The van der Waals surface area contributed by atoms with E-state index >= 15 is 4.57 Å². The van der Waals surface area contributed by atoms with Crippen LogP contribution in [0.2, 0.25) is 0 Å². The minimum atomic E-state index is -3.60. The molecular formula is C48H32N3O2P. The molecule has 10 aromatic rings. The van der Waals surface area contributed by atoms with Crippen LogP contribution in [-0.2, 0) is 4.57 Å². The first kappa shape index (κ1) is 30.8. The average molecular weight is 714 g/mol. The van der Waals surface area contributed by atoms with Crippen LogP contribution in [0.3, 0.4) is 0 Å². The van der Waals surface area contributed by atoms with E-state index in [2.05, 4.69) is 117 Å². The molecule has 1 unspecified atom stereocenters. The summed E-state index contributed by atoms with van der Waals surface area (Å²) in [6.45, 7) is 0.